The zero-order chi connectivity index (χ0) is 31.5. The fourth-order valence-electron chi connectivity index (χ4n) is 5.05. The van der Waals surface area contributed by atoms with E-state index in [1.54, 1.807) is 61.5 Å². The second-order valence-electron chi connectivity index (χ2n) is 9.68. The predicted molar refractivity (Wildman–Crippen MR) is 168 cm³/mol. The maximum atomic E-state index is 14.1. The molecule has 2 aromatic heterocycles. The molecule has 1 atom stereocenters. The molecule has 0 aliphatic carbocycles. The number of hydrogen-bond acceptors (Lipinski definition) is 9. The summed E-state index contributed by atoms with van der Waals surface area (Å²) < 4.78 is 23.8. The van der Waals surface area contributed by atoms with E-state index in [9.17, 15) is 14.4 Å². The molecule has 228 valence electrons. The Morgan fingerprint density at radius 3 is 2.50 bits per heavy atom. The summed E-state index contributed by atoms with van der Waals surface area (Å²) in [6.07, 6.45) is 2.79. The minimum absolute atomic E-state index is 0.150. The van der Waals surface area contributed by atoms with Crippen LogP contribution in [0.5, 0.6) is 5.75 Å². The number of allylic oxidation sites excluding steroid dienone is 1. The molecule has 0 amide bonds. The maximum Gasteiger partial charge on any atom is 0.338 e. The highest BCUT2D eigenvalue weighted by Gasteiger charge is 2.36. The van der Waals surface area contributed by atoms with Crippen molar-refractivity contribution in [3.8, 4) is 17.1 Å². The van der Waals surface area contributed by atoms with Crippen LogP contribution in [-0.4, -0.2) is 37.3 Å². The van der Waals surface area contributed by atoms with Crippen LogP contribution >= 0.6 is 34.5 Å². The van der Waals surface area contributed by atoms with Crippen molar-refractivity contribution in [2.75, 3.05) is 20.8 Å². The molecule has 2 aromatic carbocycles. The molecule has 1 aliphatic rings. The summed E-state index contributed by atoms with van der Waals surface area (Å²) in [6, 6.07) is 12.3. The number of fused-ring (bicyclic) bond motifs is 1. The molecular weight excluding hydrogens is 627 g/mol. The lowest BCUT2D eigenvalue weighted by Gasteiger charge is -2.27. The van der Waals surface area contributed by atoms with Gasteiger partial charge in [0, 0.05) is 27.2 Å². The second-order valence-corrected chi connectivity index (χ2v) is 11.6. The molecule has 9 nitrogen and oxygen atoms in total. The number of nitrogens with zero attached hydrogens (tertiary/aromatic N) is 2. The van der Waals surface area contributed by atoms with Crippen molar-refractivity contribution in [1.82, 2.24) is 4.57 Å². The van der Waals surface area contributed by atoms with Gasteiger partial charge in [0.15, 0.2) is 4.80 Å². The molecule has 5 rings (SSSR count). The third-order valence-corrected chi connectivity index (χ3v) is 8.38. The van der Waals surface area contributed by atoms with Crippen molar-refractivity contribution >= 4 is 52.6 Å². The third kappa shape index (κ3) is 5.97. The molecule has 4 aromatic rings. The van der Waals surface area contributed by atoms with E-state index < -0.39 is 23.5 Å². The fraction of sp³-hybridized carbons (Fsp3) is 0.250. The number of rotatable bonds is 9. The van der Waals surface area contributed by atoms with Crippen molar-refractivity contribution in [2.24, 2.45) is 4.99 Å². The van der Waals surface area contributed by atoms with Crippen LogP contribution in [0.15, 0.2) is 74.0 Å². The van der Waals surface area contributed by atoms with E-state index in [4.69, 9.17) is 46.8 Å². The van der Waals surface area contributed by atoms with Crippen molar-refractivity contribution in [3.63, 3.8) is 0 Å². The van der Waals surface area contributed by atoms with E-state index in [0.29, 0.717) is 66.3 Å². The Bertz CT molecular complexity index is 1970. The monoisotopic (exact) mass is 654 g/mol. The number of halogens is 2. The average molecular weight is 656 g/mol. The summed E-state index contributed by atoms with van der Waals surface area (Å²) >= 11 is 13.8. The minimum Gasteiger partial charge on any atom is -0.496 e. The number of carbonyl (C=O) groups excluding carboxylic acids is 2. The normalized spacial score (nSPS) is 14.7. The quantitative estimate of drug-likeness (QED) is 0.205. The van der Waals surface area contributed by atoms with E-state index in [1.807, 2.05) is 6.92 Å². The lowest BCUT2D eigenvalue weighted by Crippen LogP contribution is -2.40. The highest BCUT2D eigenvalue weighted by molar-refractivity contribution is 7.07. The lowest BCUT2D eigenvalue weighted by atomic mass is 9.93. The standard InChI is InChI=1S/C32H28Cl2N2O7S/c1-5-7-23-27(31(39)42-6-2)28(22-15-18(34)9-12-24(22)40-3)36-29(37)26(44-32(36)35-23)16-19-10-13-25(43-19)21-14-17(33)8-11-20(21)30(38)41-4/h8-16,28H,5-7H2,1-4H3/b26-16-/t28-/m0/s1. The molecule has 3 heterocycles. The van der Waals surface area contributed by atoms with E-state index in [0.717, 1.165) is 11.3 Å². The Labute approximate surface area is 266 Å². The molecule has 0 fully saturated rings. The summed E-state index contributed by atoms with van der Waals surface area (Å²) in [5.41, 5.74) is 1.64. The summed E-state index contributed by atoms with van der Waals surface area (Å²) in [4.78, 5) is 45.1. The summed E-state index contributed by atoms with van der Waals surface area (Å²) in [7, 11) is 2.80. The van der Waals surface area contributed by atoms with Crippen molar-refractivity contribution in [2.45, 2.75) is 32.7 Å². The molecule has 12 heteroatoms. The van der Waals surface area contributed by atoms with Crippen LogP contribution in [0.1, 0.15) is 54.4 Å². The zero-order valence-corrected chi connectivity index (χ0v) is 26.6. The molecule has 0 bridgehead atoms. The van der Waals surface area contributed by atoms with Gasteiger partial charge in [0.25, 0.3) is 5.56 Å². The number of esters is 2. The van der Waals surface area contributed by atoms with Crippen LogP contribution in [0, 0.1) is 0 Å². The first-order valence-electron chi connectivity index (χ1n) is 13.7. The third-order valence-electron chi connectivity index (χ3n) is 6.93. The van der Waals surface area contributed by atoms with Gasteiger partial charge in [-0.3, -0.25) is 9.36 Å². The van der Waals surface area contributed by atoms with Crippen molar-refractivity contribution in [3.05, 3.63) is 106 Å². The van der Waals surface area contributed by atoms with Gasteiger partial charge < -0.3 is 18.6 Å². The number of thiazole rings is 1. The van der Waals surface area contributed by atoms with E-state index in [2.05, 4.69) is 0 Å². The molecule has 44 heavy (non-hydrogen) atoms. The SMILES string of the molecule is CCCC1=C(C(=O)OCC)[C@H](c2cc(Cl)ccc2OC)n2c(s/c(=C\c3ccc(-c4cc(Cl)ccc4C(=O)OC)o3)c2=O)=N1. The van der Waals surface area contributed by atoms with Gasteiger partial charge in [-0.1, -0.05) is 47.9 Å². The first-order chi connectivity index (χ1) is 21.2. The van der Waals surface area contributed by atoms with Gasteiger partial charge in [0.1, 0.15) is 23.3 Å². The molecule has 0 saturated carbocycles. The van der Waals surface area contributed by atoms with Crippen molar-refractivity contribution in [1.29, 1.82) is 0 Å². The van der Waals surface area contributed by atoms with Gasteiger partial charge in [-0.25, -0.2) is 14.6 Å². The van der Waals surface area contributed by atoms with Gasteiger partial charge in [-0.2, -0.15) is 0 Å². The number of benzene rings is 2. The maximum absolute atomic E-state index is 14.1. The summed E-state index contributed by atoms with van der Waals surface area (Å²) in [5, 5.41) is 0.825. The Balaban J connectivity index is 1.70. The Hall–Kier alpha value is -4.12. The number of furan rings is 1. The fourth-order valence-corrected chi connectivity index (χ4v) is 6.40. The van der Waals surface area contributed by atoms with Crippen molar-refractivity contribution < 1.29 is 28.2 Å². The van der Waals surface area contributed by atoms with Crippen LogP contribution in [0.25, 0.3) is 17.4 Å². The highest BCUT2D eigenvalue weighted by atomic mass is 35.5. The molecular formula is C32H28Cl2N2O7S. The van der Waals surface area contributed by atoms with Crippen LogP contribution in [-0.2, 0) is 14.3 Å². The zero-order valence-electron chi connectivity index (χ0n) is 24.3. The topological polar surface area (TPSA) is 109 Å². The molecule has 0 radical (unpaired) electrons. The first-order valence-corrected chi connectivity index (χ1v) is 15.3. The average Bonchev–Trinajstić information content (AvgIpc) is 3.60. The highest BCUT2D eigenvalue weighted by Crippen LogP contribution is 2.38. The molecule has 0 spiro atoms. The molecule has 1 aliphatic heterocycles. The van der Waals surface area contributed by atoms with Crippen LogP contribution in [0.2, 0.25) is 10.0 Å². The molecule has 0 saturated heterocycles. The first kappa shape index (κ1) is 31.3. The minimum atomic E-state index is -0.899. The number of methoxy groups -OCH3 is 2. The summed E-state index contributed by atoms with van der Waals surface area (Å²) in [5.74, 6) is 0.0611. The predicted octanol–water partition coefficient (Wildman–Crippen LogP) is 5.94. The smallest absolute Gasteiger partial charge is 0.338 e. The Morgan fingerprint density at radius 2 is 1.80 bits per heavy atom. The number of hydrogen-bond donors (Lipinski definition) is 0. The summed E-state index contributed by atoms with van der Waals surface area (Å²) in [6.45, 7) is 3.85. The van der Waals surface area contributed by atoms with Crippen LogP contribution in [0.4, 0.5) is 0 Å². The second kappa shape index (κ2) is 13.3. The number of carbonyl (C=O) groups is 2. The molecule has 0 N–H and O–H groups in total. The Morgan fingerprint density at radius 1 is 1.05 bits per heavy atom. The number of aromatic nitrogens is 1. The van der Waals surface area contributed by atoms with E-state index in [1.165, 1.54) is 18.8 Å². The Kier molecular flexibility index (Phi) is 9.43. The van der Waals surface area contributed by atoms with Gasteiger partial charge >= 0.3 is 11.9 Å². The van der Waals surface area contributed by atoms with Gasteiger partial charge in [-0.15, -0.1) is 0 Å². The number of ether oxygens (including phenoxy) is 3. The van der Waals surface area contributed by atoms with E-state index >= 15 is 0 Å². The lowest BCUT2D eigenvalue weighted by molar-refractivity contribution is -0.139. The van der Waals surface area contributed by atoms with Gasteiger partial charge in [-0.05, 0) is 61.9 Å². The van der Waals surface area contributed by atoms with E-state index in [-0.39, 0.29) is 17.7 Å². The van der Waals surface area contributed by atoms with Crippen LogP contribution < -0.4 is 19.6 Å². The van der Waals surface area contributed by atoms with Gasteiger partial charge in [0.2, 0.25) is 0 Å². The largest absolute Gasteiger partial charge is 0.496 e. The van der Waals surface area contributed by atoms with Crippen LogP contribution in [0.3, 0.4) is 0 Å². The molecule has 0 unspecified atom stereocenters. The van der Waals surface area contributed by atoms with Gasteiger partial charge in [0.05, 0.1) is 42.2 Å².